The van der Waals surface area contributed by atoms with Gasteiger partial charge in [-0.1, -0.05) is 19.9 Å². The van der Waals surface area contributed by atoms with Crippen molar-refractivity contribution in [3.8, 4) is 0 Å². The number of rotatable bonds is 0. The number of hydrogen-bond acceptors (Lipinski definition) is 2. The molecule has 110 valence electrons. The Bertz CT molecular complexity index is 532. The summed E-state index contributed by atoms with van der Waals surface area (Å²) in [7, 11) is 0. The van der Waals surface area contributed by atoms with Gasteiger partial charge in [0.1, 0.15) is 11.4 Å². The Morgan fingerprint density at radius 3 is 2.60 bits per heavy atom. The first-order valence-electron chi connectivity index (χ1n) is 6.85. The molecular formula is C16H22FNO2. The van der Waals surface area contributed by atoms with Crippen LogP contribution < -0.4 is 0 Å². The normalized spacial score (nSPS) is 17.6. The fourth-order valence-electron chi connectivity index (χ4n) is 2.63. The maximum atomic E-state index is 13.4. The minimum absolute atomic E-state index is 0.210. The second-order valence-corrected chi connectivity index (χ2v) is 7.02. The van der Waals surface area contributed by atoms with Crippen LogP contribution in [0.4, 0.5) is 9.18 Å². The van der Waals surface area contributed by atoms with E-state index >= 15 is 0 Å². The van der Waals surface area contributed by atoms with Gasteiger partial charge in [0.2, 0.25) is 0 Å². The first kappa shape index (κ1) is 14.8. The lowest BCUT2D eigenvalue weighted by Crippen LogP contribution is -2.46. The monoisotopic (exact) mass is 279 g/mol. The van der Waals surface area contributed by atoms with Gasteiger partial charge in [0, 0.05) is 18.5 Å². The van der Waals surface area contributed by atoms with Gasteiger partial charge in [-0.3, -0.25) is 0 Å². The molecule has 4 heteroatoms. The molecule has 0 atom stereocenters. The Hall–Kier alpha value is -1.58. The molecule has 0 aliphatic carbocycles. The van der Waals surface area contributed by atoms with E-state index in [4.69, 9.17) is 4.74 Å². The Kier molecular flexibility index (Phi) is 3.53. The maximum Gasteiger partial charge on any atom is 0.410 e. The van der Waals surface area contributed by atoms with Crippen molar-refractivity contribution >= 4 is 6.09 Å². The average molecular weight is 279 g/mol. The highest BCUT2D eigenvalue weighted by Gasteiger charge is 2.35. The van der Waals surface area contributed by atoms with E-state index in [1.165, 1.54) is 12.1 Å². The fraction of sp³-hybridized carbons (Fsp3) is 0.562. The van der Waals surface area contributed by atoms with E-state index in [0.29, 0.717) is 13.1 Å². The SMILES string of the molecule is CC(C)(C)OC(=O)N1Cc2cc(F)ccc2C(C)(C)C1. The van der Waals surface area contributed by atoms with Crippen LogP contribution in [-0.2, 0) is 16.7 Å². The highest BCUT2D eigenvalue weighted by atomic mass is 19.1. The van der Waals surface area contributed by atoms with Crippen molar-refractivity contribution in [2.45, 2.75) is 52.2 Å². The van der Waals surface area contributed by atoms with E-state index < -0.39 is 5.60 Å². The molecule has 0 saturated carbocycles. The van der Waals surface area contributed by atoms with Crippen molar-refractivity contribution in [3.63, 3.8) is 0 Å². The van der Waals surface area contributed by atoms with Crippen LogP contribution in [0.2, 0.25) is 0 Å². The largest absolute Gasteiger partial charge is 0.444 e. The van der Waals surface area contributed by atoms with Crippen LogP contribution in [0.1, 0.15) is 45.7 Å². The Labute approximate surface area is 119 Å². The van der Waals surface area contributed by atoms with Crippen molar-refractivity contribution in [1.29, 1.82) is 0 Å². The molecule has 1 aliphatic heterocycles. The zero-order valence-electron chi connectivity index (χ0n) is 12.8. The van der Waals surface area contributed by atoms with Crippen molar-refractivity contribution in [2.24, 2.45) is 0 Å². The van der Waals surface area contributed by atoms with E-state index in [1.807, 2.05) is 26.8 Å². The second kappa shape index (κ2) is 4.76. The molecule has 0 radical (unpaired) electrons. The van der Waals surface area contributed by atoms with Gasteiger partial charge in [0.05, 0.1) is 0 Å². The van der Waals surface area contributed by atoms with Gasteiger partial charge in [0.25, 0.3) is 0 Å². The summed E-state index contributed by atoms with van der Waals surface area (Å²) in [6, 6.07) is 4.80. The summed E-state index contributed by atoms with van der Waals surface area (Å²) >= 11 is 0. The van der Waals surface area contributed by atoms with Crippen LogP contribution in [0.3, 0.4) is 0 Å². The van der Waals surface area contributed by atoms with E-state index in [2.05, 4.69) is 13.8 Å². The van der Waals surface area contributed by atoms with Crippen molar-refractivity contribution in [3.05, 3.63) is 35.1 Å². The van der Waals surface area contributed by atoms with Crippen LogP contribution >= 0.6 is 0 Å². The predicted octanol–water partition coefficient (Wildman–Crippen LogP) is 3.85. The zero-order chi connectivity index (χ0) is 15.1. The zero-order valence-corrected chi connectivity index (χ0v) is 12.8. The van der Waals surface area contributed by atoms with Gasteiger partial charge in [0.15, 0.2) is 0 Å². The molecule has 0 aromatic heterocycles. The van der Waals surface area contributed by atoms with Gasteiger partial charge in [-0.15, -0.1) is 0 Å². The molecule has 0 unspecified atom stereocenters. The molecule has 0 spiro atoms. The summed E-state index contributed by atoms with van der Waals surface area (Å²) in [5.41, 5.74) is 1.22. The van der Waals surface area contributed by atoms with Crippen molar-refractivity contribution < 1.29 is 13.9 Å². The number of carbonyl (C=O) groups excluding carboxylic acids is 1. The van der Waals surface area contributed by atoms with E-state index in [9.17, 15) is 9.18 Å². The molecule has 1 heterocycles. The van der Waals surface area contributed by atoms with Gasteiger partial charge >= 0.3 is 6.09 Å². The Morgan fingerprint density at radius 1 is 1.35 bits per heavy atom. The van der Waals surface area contributed by atoms with Gasteiger partial charge in [-0.25, -0.2) is 9.18 Å². The topological polar surface area (TPSA) is 29.5 Å². The lowest BCUT2D eigenvalue weighted by Gasteiger charge is -2.40. The van der Waals surface area contributed by atoms with E-state index in [0.717, 1.165) is 11.1 Å². The average Bonchev–Trinajstić information content (AvgIpc) is 2.24. The van der Waals surface area contributed by atoms with Gasteiger partial charge in [-0.05, 0) is 44.0 Å². The van der Waals surface area contributed by atoms with Crippen molar-refractivity contribution in [2.75, 3.05) is 6.54 Å². The highest BCUT2D eigenvalue weighted by molar-refractivity contribution is 5.69. The third-order valence-corrected chi connectivity index (χ3v) is 3.40. The predicted molar refractivity (Wildman–Crippen MR) is 76.1 cm³/mol. The number of amides is 1. The number of ether oxygens (including phenoxy) is 1. The summed E-state index contributed by atoms with van der Waals surface area (Å²) in [5, 5.41) is 0. The molecule has 3 nitrogen and oxygen atoms in total. The van der Waals surface area contributed by atoms with Crippen molar-refractivity contribution in [1.82, 2.24) is 4.90 Å². The number of fused-ring (bicyclic) bond motifs is 1. The van der Waals surface area contributed by atoms with Crippen LogP contribution in [0.15, 0.2) is 18.2 Å². The minimum Gasteiger partial charge on any atom is -0.444 e. The number of halogens is 1. The molecule has 1 amide bonds. The molecule has 0 saturated heterocycles. The fourth-order valence-corrected chi connectivity index (χ4v) is 2.63. The molecule has 0 N–H and O–H groups in total. The summed E-state index contributed by atoms with van der Waals surface area (Å²) in [5.74, 6) is -0.273. The summed E-state index contributed by atoms with van der Waals surface area (Å²) in [6.45, 7) is 10.6. The maximum absolute atomic E-state index is 13.4. The van der Waals surface area contributed by atoms with Crippen LogP contribution in [-0.4, -0.2) is 23.1 Å². The van der Waals surface area contributed by atoms with E-state index in [1.54, 1.807) is 4.90 Å². The summed E-state index contributed by atoms with van der Waals surface area (Å²) in [4.78, 5) is 13.9. The number of carbonyl (C=O) groups is 1. The molecule has 0 bridgehead atoms. The summed E-state index contributed by atoms with van der Waals surface area (Å²) in [6.07, 6.45) is -0.347. The smallest absolute Gasteiger partial charge is 0.410 e. The van der Waals surface area contributed by atoms with Crippen LogP contribution in [0.25, 0.3) is 0 Å². The minimum atomic E-state index is -0.524. The lowest BCUT2D eigenvalue weighted by molar-refractivity contribution is 0.0173. The highest BCUT2D eigenvalue weighted by Crippen LogP contribution is 2.34. The molecule has 0 fully saturated rings. The van der Waals surface area contributed by atoms with Crippen LogP contribution in [0, 0.1) is 5.82 Å². The molecule has 1 aromatic rings. The Balaban J connectivity index is 2.28. The molecule has 1 aromatic carbocycles. The number of hydrogen-bond donors (Lipinski definition) is 0. The number of benzene rings is 1. The third kappa shape index (κ3) is 3.11. The van der Waals surface area contributed by atoms with E-state index in [-0.39, 0.29) is 17.3 Å². The number of nitrogens with zero attached hydrogens (tertiary/aromatic N) is 1. The third-order valence-electron chi connectivity index (χ3n) is 3.40. The molecule has 2 rings (SSSR count). The summed E-state index contributed by atoms with van der Waals surface area (Å²) < 4.78 is 18.8. The Morgan fingerprint density at radius 2 is 2.00 bits per heavy atom. The second-order valence-electron chi connectivity index (χ2n) is 7.02. The van der Waals surface area contributed by atoms with Gasteiger partial charge in [-0.2, -0.15) is 0 Å². The first-order valence-corrected chi connectivity index (χ1v) is 6.85. The molecule has 20 heavy (non-hydrogen) atoms. The van der Waals surface area contributed by atoms with Gasteiger partial charge < -0.3 is 9.64 Å². The van der Waals surface area contributed by atoms with Crippen LogP contribution in [0.5, 0.6) is 0 Å². The first-order chi connectivity index (χ1) is 9.08. The quantitative estimate of drug-likeness (QED) is 0.722. The molecule has 1 aliphatic rings. The lowest BCUT2D eigenvalue weighted by atomic mass is 9.78. The molecular weight excluding hydrogens is 257 g/mol. The standard InChI is InChI=1S/C16H22FNO2/c1-15(2,3)20-14(19)18-9-11-8-12(17)6-7-13(11)16(4,5)10-18/h6-8H,9-10H2,1-5H3.